The summed E-state index contributed by atoms with van der Waals surface area (Å²) >= 11 is 1.27. The first-order chi connectivity index (χ1) is 9.78. The molecule has 0 saturated heterocycles. The van der Waals surface area contributed by atoms with Crippen molar-refractivity contribution in [3.05, 3.63) is 47.3 Å². The largest absolute Gasteiger partial charge is 0.465 e. The summed E-state index contributed by atoms with van der Waals surface area (Å²) in [6.07, 6.45) is 0. The Balaban J connectivity index is 1.91. The Morgan fingerprint density at radius 2 is 2.00 bits per heavy atom. The number of methoxy groups -OCH3 is 1. The topological polar surface area (TPSA) is 65.2 Å². The van der Waals surface area contributed by atoms with E-state index in [1.165, 1.54) is 18.4 Å². The molecule has 6 heteroatoms. The number of ether oxygens (including phenoxy) is 1. The SMILES string of the molecule is COC(=O)c1ccc(-c2noc(-c3ccccc3)n2)s1. The Labute approximate surface area is 118 Å². The minimum atomic E-state index is -0.368. The monoisotopic (exact) mass is 286 g/mol. The molecule has 0 unspecified atom stereocenters. The molecule has 0 radical (unpaired) electrons. The van der Waals surface area contributed by atoms with Crippen LogP contribution < -0.4 is 0 Å². The second kappa shape index (κ2) is 5.26. The lowest BCUT2D eigenvalue weighted by atomic mass is 10.2. The molecule has 0 saturated carbocycles. The van der Waals surface area contributed by atoms with Crippen LogP contribution >= 0.6 is 11.3 Å². The third-order valence-electron chi connectivity index (χ3n) is 2.66. The smallest absolute Gasteiger partial charge is 0.348 e. The van der Waals surface area contributed by atoms with Crippen molar-refractivity contribution in [3.63, 3.8) is 0 Å². The Morgan fingerprint density at radius 1 is 1.20 bits per heavy atom. The Kier molecular flexibility index (Phi) is 3.30. The summed E-state index contributed by atoms with van der Waals surface area (Å²) < 4.78 is 9.90. The first-order valence-corrected chi connectivity index (χ1v) is 6.67. The van der Waals surface area contributed by atoms with Crippen molar-refractivity contribution in [2.45, 2.75) is 0 Å². The lowest BCUT2D eigenvalue weighted by Crippen LogP contribution is -1.96. The second-order valence-electron chi connectivity index (χ2n) is 3.94. The average Bonchev–Trinajstić information content (AvgIpc) is 3.16. The molecule has 0 spiro atoms. The predicted octanol–water partition coefficient (Wildman–Crippen LogP) is 3.25. The van der Waals surface area contributed by atoms with Gasteiger partial charge in [0.25, 0.3) is 5.89 Å². The van der Waals surface area contributed by atoms with Crippen LogP contribution in [-0.4, -0.2) is 23.2 Å². The molecule has 20 heavy (non-hydrogen) atoms. The fourth-order valence-electron chi connectivity index (χ4n) is 1.69. The number of esters is 1. The Morgan fingerprint density at radius 3 is 2.75 bits per heavy atom. The molecule has 0 atom stereocenters. The summed E-state index contributed by atoms with van der Waals surface area (Å²) in [7, 11) is 1.35. The van der Waals surface area contributed by atoms with Crippen molar-refractivity contribution in [2.75, 3.05) is 7.11 Å². The van der Waals surface area contributed by atoms with E-state index >= 15 is 0 Å². The predicted molar refractivity (Wildman–Crippen MR) is 74.4 cm³/mol. The molecular weight excluding hydrogens is 276 g/mol. The molecule has 1 aromatic carbocycles. The van der Waals surface area contributed by atoms with Gasteiger partial charge < -0.3 is 9.26 Å². The van der Waals surface area contributed by atoms with Gasteiger partial charge >= 0.3 is 5.97 Å². The van der Waals surface area contributed by atoms with Crippen LogP contribution in [0.15, 0.2) is 47.0 Å². The molecule has 0 amide bonds. The van der Waals surface area contributed by atoms with Crippen molar-refractivity contribution in [2.24, 2.45) is 0 Å². The van der Waals surface area contributed by atoms with E-state index in [1.54, 1.807) is 12.1 Å². The number of hydrogen-bond donors (Lipinski definition) is 0. The van der Waals surface area contributed by atoms with Gasteiger partial charge in [-0.05, 0) is 24.3 Å². The molecule has 0 bridgehead atoms. The summed E-state index contributed by atoms with van der Waals surface area (Å²) in [6, 6.07) is 13.0. The van der Waals surface area contributed by atoms with Crippen LogP contribution in [0.25, 0.3) is 22.2 Å². The molecule has 0 aliphatic heterocycles. The molecule has 3 aromatic rings. The first kappa shape index (κ1) is 12.6. The summed E-state index contributed by atoms with van der Waals surface area (Å²) in [6.45, 7) is 0. The zero-order valence-corrected chi connectivity index (χ0v) is 11.4. The molecular formula is C14H10N2O3S. The van der Waals surface area contributed by atoms with E-state index in [4.69, 9.17) is 4.52 Å². The zero-order chi connectivity index (χ0) is 13.9. The molecule has 3 rings (SSSR count). The lowest BCUT2D eigenvalue weighted by Gasteiger charge is -1.91. The van der Waals surface area contributed by atoms with Gasteiger partial charge in [0.2, 0.25) is 5.82 Å². The van der Waals surface area contributed by atoms with Crippen LogP contribution in [0.3, 0.4) is 0 Å². The number of thiophene rings is 1. The summed E-state index contributed by atoms with van der Waals surface area (Å²) in [4.78, 5) is 17.0. The maximum absolute atomic E-state index is 11.4. The van der Waals surface area contributed by atoms with E-state index in [0.29, 0.717) is 16.6 Å². The van der Waals surface area contributed by atoms with E-state index in [1.807, 2.05) is 30.3 Å². The second-order valence-corrected chi connectivity index (χ2v) is 5.03. The molecule has 0 aliphatic rings. The number of benzene rings is 1. The van der Waals surface area contributed by atoms with E-state index < -0.39 is 0 Å². The van der Waals surface area contributed by atoms with Crippen molar-refractivity contribution < 1.29 is 14.1 Å². The van der Waals surface area contributed by atoms with Gasteiger partial charge in [-0.3, -0.25) is 0 Å². The summed E-state index contributed by atoms with van der Waals surface area (Å²) in [5, 5.41) is 3.93. The van der Waals surface area contributed by atoms with Crippen LogP contribution in [0.2, 0.25) is 0 Å². The van der Waals surface area contributed by atoms with Gasteiger partial charge in [-0.1, -0.05) is 23.4 Å². The van der Waals surface area contributed by atoms with E-state index in [9.17, 15) is 4.79 Å². The number of hydrogen-bond acceptors (Lipinski definition) is 6. The molecule has 0 aliphatic carbocycles. The minimum Gasteiger partial charge on any atom is -0.465 e. The van der Waals surface area contributed by atoms with Crippen molar-refractivity contribution in [1.29, 1.82) is 0 Å². The first-order valence-electron chi connectivity index (χ1n) is 5.85. The van der Waals surface area contributed by atoms with Gasteiger partial charge in [0.1, 0.15) is 4.88 Å². The normalized spacial score (nSPS) is 10.4. The van der Waals surface area contributed by atoms with Gasteiger partial charge in [-0.2, -0.15) is 4.98 Å². The van der Waals surface area contributed by atoms with Crippen LogP contribution in [0.5, 0.6) is 0 Å². The molecule has 0 N–H and O–H groups in total. The van der Waals surface area contributed by atoms with Crippen molar-refractivity contribution in [1.82, 2.24) is 10.1 Å². The highest BCUT2D eigenvalue weighted by Gasteiger charge is 2.15. The fourth-order valence-corrected chi connectivity index (χ4v) is 2.54. The zero-order valence-electron chi connectivity index (χ0n) is 10.6. The van der Waals surface area contributed by atoms with E-state index in [2.05, 4.69) is 14.9 Å². The van der Waals surface area contributed by atoms with E-state index in [0.717, 1.165) is 10.4 Å². The number of aromatic nitrogens is 2. The van der Waals surface area contributed by atoms with Gasteiger partial charge in [0, 0.05) is 5.56 Å². The highest BCUT2D eigenvalue weighted by atomic mass is 32.1. The molecule has 2 heterocycles. The van der Waals surface area contributed by atoms with Crippen LogP contribution in [0.1, 0.15) is 9.67 Å². The maximum atomic E-state index is 11.4. The van der Waals surface area contributed by atoms with Gasteiger partial charge in [0.05, 0.1) is 12.0 Å². The summed E-state index contributed by atoms with van der Waals surface area (Å²) in [5.74, 6) is 0.547. The quantitative estimate of drug-likeness (QED) is 0.691. The molecule has 0 fully saturated rings. The Bertz CT molecular complexity index is 734. The van der Waals surface area contributed by atoms with Gasteiger partial charge in [0.15, 0.2) is 0 Å². The lowest BCUT2D eigenvalue weighted by molar-refractivity contribution is 0.0606. The standard InChI is InChI=1S/C14H10N2O3S/c1-18-14(17)11-8-7-10(20-11)12-15-13(19-16-12)9-5-3-2-4-6-9/h2-8H,1H3. The third-order valence-corrected chi connectivity index (χ3v) is 3.72. The molecule has 5 nitrogen and oxygen atoms in total. The number of nitrogens with zero attached hydrogens (tertiary/aromatic N) is 2. The average molecular weight is 286 g/mol. The number of carbonyl (C=O) groups excluding carboxylic acids is 1. The fraction of sp³-hybridized carbons (Fsp3) is 0.0714. The van der Waals surface area contributed by atoms with Crippen LogP contribution in [-0.2, 0) is 4.74 Å². The van der Waals surface area contributed by atoms with Crippen molar-refractivity contribution >= 4 is 17.3 Å². The Hall–Kier alpha value is -2.47. The van der Waals surface area contributed by atoms with Crippen LogP contribution in [0, 0.1) is 0 Å². The highest BCUT2D eigenvalue weighted by Crippen LogP contribution is 2.28. The van der Waals surface area contributed by atoms with Crippen molar-refractivity contribution in [3.8, 4) is 22.2 Å². The van der Waals surface area contributed by atoms with E-state index in [-0.39, 0.29) is 5.97 Å². The molecule has 100 valence electrons. The number of carbonyl (C=O) groups is 1. The third kappa shape index (κ3) is 2.33. The summed E-state index contributed by atoms with van der Waals surface area (Å²) in [5.41, 5.74) is 0.857. The highest BCUT2D eigenvalue weighted by molar-refractivity contribution is 7.17. The maximum Gasteiger partial charge on any atom is 0.348 e. The van der Waals surface area contributed by atoms with Gasteiger partial charge in [-0.15, -0.1) is 11.3 Å². The molecule has 2 aromatic heterocycles. The number of rotatable bonds is 3. The van der Waals surface area contributed by atoms with Crippen LogP contribution in [0.4, 0.5) is 0 Å². The van der Waals surface area contributed by atoms with Gasteiger partial charge in [-0.25, -0.2) is 4.79 Å². The minimum absolute atomic E-state index is 0.368.